The summed E-state index contributed by atoms with van der Waals surface area (Å²) in [4.78, 5) is 20.6. The molecule has 3 rings (SSSR count). The van der Waals surface area contributed by atoms with Gasteiger partial charge in [-0.1, -0.05) is 18.2 Å². The van der Waals surface area contributed by atoms with Gasteiger partial charge in [0.1, 0.15) is 17.6 Å². The minimum absolute atomic E-state index is 0.0874. The third kappa shape index (κ3) is 3.89. The van der Waals surface area contributed by atoms with Crippen molar-refractivity contribution >= 4 is 11.7 Å². The van der Waals surface area contributed by atoms with Crippen molar-refractivity contribution < 1.29 is 9.90 Å². The van der Waals surface area contributed by atoms with Crippen LogP contribution >= 0.6 is 0 Å². The Labute approximate surface area is 146 Å². The van der Waals surface area contributed by atoms with Crippen LogP contribution in [-0.2, 0) is 11.2 Å². The predicted octanol–water partition coefficient (Wildman–Crippen LogP) is 1.94. The second kappa shape index (κ2) is 7.67. The van der Waals surface area contributed by atoms with Crippen LogP contribution in [0.4, 0.5) is 5.82 Å². The molecular weight excluding hydrogens is 316 g/mol. The van der Waals surface area contributed by atoms with Crippen LogP contribution in [0, 0.1) is 11.3 Å². The lowest BCUT2D eigenvalue weighted by molar-refractivity contribution is -0.131. The second-order valence-electron chi connectivity index (χ2n) is 5.98. The molecule has 0 aliphatic carbocycles. The van der Waals surface area contributed by atoms with Crippen molar-refractivity contribution in [3.05, 3.63) is 53.7 Å². The number of benzene rings is 1. The number of aryl methyl sites for hydroxylation is 1. The van der Waals surface area contributed by atoms with Crippen LogP contribution in [0.25, 0.3) is 0 Å². The molecule has 1 aliphatic rings. The summed E-state index contributed by atoms with van der Waals surface area (Å²) in [6.45, 7) is 2.55. The summed E-state index contributed by atoms with van der Waals surface area (Å²) in [5.74, 6) is 1.01. The Hall–Kier alpha value is -3.07. The Balaban J connectivity index is 1.54. The van der Waals surface area contributed by atoms with Crippen LogP contribution in [0.5, 0.6) is 5.75 Å². The Bertz CT molecular complexity index is 792. The van der Waals surface area contributed by atoms with E-state index in [0.717, 1.165) is 5.56 Å². The van der Waals surface area contributed by atoms with Gasteiger partial charge in [0.15, 0.2) is 0 Å². The number of hydrogen-bond acceptors (Lipinski definition) is 5. The van der Waals surface area contributed by atoms with Gasteiger partial charge in [-0.15, -0.1) is 0 Å². The number of phenols is 1. The highest BCUT2D eigenvalue weighted by atomic mass is 16.3. The van der Waals surface area contributed by atoms with Gasteiger partial charge in [0, 0.05) is 38.8 Å². The van der Waals surface area contributed by atoms with E-state index in [1.165, 1.54) is 0 Å². The van der Waals surface area contributed by atoms with Crippen LogP contribution in [0.3, 0.4) is 0 Å². The number of para-hydroxylation sites is 1. The summed E-state index contributed by atoms with van der Waals surface area (Å²) < 4.78 is 0. The van der Waals surface area contributed by atoms with Gasteiger partial charge in [-0.25, -0.2) is 4.98 Å². The number of phenolic OH excluding ortho intramolecular Hbond substituents is 1. The first-order chi connectivity index (χ1) is 12.2. The standard InChI is InChI=1S/C19H20N4O2/c20-14-16-5-3-9-21-19(16)23-12-10-22(11-13-23)18(25)8-7-15-4-1-2-6-17(15)24/h1-6,9,24H,7-8,10-13H2. The lowest BCUT2D eigenvalue weighted by Crippen LogP contribution is -2.49. The Morgan fingerprint density at radius 2 is 1.92 bits per heavy atom. The molecule has 0 saturated carbocycles. The number of amides is 1. The molecule has 0 bridgehead atoms. The zero-order chi connectivity index (χ0) is 17.6. The van der Waals surface area contributed by atoms with E-state index in [1.54, 1.807) is 30.5 Å². The number of pyridine rings is 1. The van der Waals surface area contributed by atoms with Gasteiger partial charge >= 0.3 is 0 Å². The zero-order valence-corrected chi connectivity index (χ0v) is 13.9. The average molecular weight is 336 g/mol. The lowest BCUT2D eigenvalue weighted by Gasteiger charge is -2.35. The van der Waals surface area contributed by atoms with Crippen molar-refractivity contribution in [3.8, 4) is 11.8 Å². The number of aromatic hydroxyl groups is 1. The number of carbonyl (C=O) groups is 1. The molecule has 0 unspecified atom stereocenters. The van der Waals surface area contributed by atoms with Crippen LogP contribution in [-0.4, -0.2) is 47.1 Å². The van der Waals surface area contributed by atoms with E-state index in [2.05, 4.69) is 11.1 Å². The maximum atomic E-state index is 12.4. The van der Waals surface area contributed by atoms with Gasteiger partial charge in [0.25, 0.3) is 0 Å². The van der Waals surface area contributed by atoms with Crippen molar-refractivity contribution in [3.63, 3.8) is 0 Å². The van der Waals surface area contributed by atoms with Crippen molar-refractivity contribution in [2.24, 2.45) is 0 Å². The van der Waals surface area contributed by atoms with Gasteiger partial charge < -0.3 is 14.9 Å². The van der Waals surface area contributed by atoms with Gasteiger partial charge in [-0.05, 0) is 30.2 Å². The molecule has 1 aliphatic heterocycles. The quantitative estimate of drug-likeness (QED) is 0.923. The normalized spacial score (nSPS) is 14.2. The van der Waals surface area contributed by atoms with Crippen molar-refractivity contribution in [2.45, 2.75) is 12.8 Å². The Morgan fingerprint density at radius 1 is 1.16 bits per heavy atom. The molecule has 1 aromatic carbocycles. The highest BCUT2D eigenvalue weighted by Crippen LogP contribution is 2.20. The number of rotatable bonds is 4. The molecule has 6 nitrogen and oxygen atoms in total. The van der Waals surface area contributed by atoms with E-state index in [9.17, 15) is 15.2 Å². The van der Waals surface area contributed by atoms with E-state index in [-0.39, 0.29) is 11.7 Å². The first-order valence-electron chi connectivity index (χ1n) is 8.34. The number of nitriles is 1. The fourth-order valence-corrected chi connectivity index (χ4v) is 3.03. The molecule has 1 fully saturated rings. The van der Waals surface area contributed by atoms with Crippen molar-refractivity contribution in [1.29, 1.82) is 5.26 Å². The lowest BCUT2D eigenvalue weighted by atomic mass is 10.1. The molecule has 1 saturated heterocycles. The molecule has 1 amide bonds. The predicted molar refractivity (Wildman–Crippen MR) is 94.2 cm³/mol. The topological polar surface area (TPSA) is 80.5 Å². The molecule has 128 valence electrons. The molecule has 2 aromatic rings. The molecule has 0 spiro atoms. The molecule has 1 aromatic heterocycles. The summed E-state index contributed by atoms with van der Waals surface area (Å²) in [7, 11) is 0. The van der Waals surface area contributed by atoms with E-state index in [0.29, 0.717) is 50.4 Å². The van der Waals surface area contributed by atoms with Crippen molar-refractivity contribution in [1.82, 2.24) is 9.88 Å². The highest BCUT2D eigenvalue weighted by Gasteiger charge is 2.23. The maximum Gasteiger partial charge on any atom is 0.223 e. The monoisotopic (exact) mass is 336 g/mol. The molecule has 25 heavy (non-hydrogen) atoms. The fraction of sp³-hybridized carbons (Fsp3) is 0.316. The van der Waals surface area contributed by atoms with E-state index in [1.807, 2.05) is 21.9 Å². The van der Waals surface area contributed by atoms with Crippen LogP contribution in [0.1, 0.15) is 17.5 Å². The summed E-state index contributed by atoms with van der Waals surface area (Å²) in [5, 5.41) is 19.0. The summed E-state index contributed by atoms with van der Waals surface area (Å²) in [6.07, 6.45) is 2.59. The minimum atomic E-state index is 0.0874. The SMILES string of the molecule is N#Cc1cccnc1N1CCN(C(=O)CCc2ccccc2O)CC1. The van der Waals surface area contributed by atoms with E-state index >= 15 is 0 Å². The van der Waals surface area contributed by atoms with E-state index in [4.69, 9.17) is 0 Å². The van der Waals surface area contributed by atoms with Gasteiger partial charge in [0.05, 0.1) is 5.56 Å². The first-order valence-corrected chi connectivity index (χ1v) is 8.34. The van der Waals surface area contributed by atoms with Crippen LogP contribution in [0.2, 0.25) is 0 Å². The molecule has 2 heterocycles. The van der Waals surface area contributed by atoms with Gasteiger partial charge in [0.2, 0.25) is 5.91 Å². The molecular formula is C19H20N4O2. The average Bonchev–Trinajstić information content (AvgIpc) is 2.67. The largest absolute Gasteiger partial charge is 0.508 e. The maximum absolute atomic E-state index is 12.4. The highest BCUT2D eigenvalue weighted by molar-refractivity contribution is 5.77. The van der Waals surface area contributed by atoms with Crippen LogP contribution < -0.4 is 4.90 Å². The molecule has 6 heteroatoms. The minimum Gasteiger partial charge on any atom is -0.508 e. The van der Waals surface area contributed by atoms with Crippen molar-refractivity contribution in [2.75, 3.05) is 31.1 Å². The number of aromatic nitrogens is 1. The summed E-state index contributed by atoms with van der Waals surface area (Å²) in [6, 6.07) is 12.8. The molecule has 0 radical (unpaired) electrons. The number of nitrogens with zero attached hydrogens (tertiary/aromatic N) is 4. The van der Waals surface area contributed by atoms with E-state index < -0.39 is 0 Å². The Kier molecular flexibility index (Phi) is 5.14. The Morgan fingerprint density at radius 3 is 2.64 bits per heavy atom. The number of anilines is 1. The summed E-state index contributed by atoms with van der Waals surface area (Å²) in [5.41, 5.74) is 1.35. The molecule has 1 N–H and O–H groups in total. The van der Waals surface area contributed by atoms with Gasteiger partial charge in [-0.2, -0.15) is 5.26 Å². The third-order valence-corrected chi connectivity index (χ3v) is 4.44. The number of piperazine rings is 1. The third-order valence-electron chi connectivity index (χ3n) is 4.44. The number of carbonyl (C=O) groups excluding carboxylic acids is 1. The van der Waals surface area contributed by atoms with Crippen LogP contribution in [0.15, 0.2) is 42.6 Å². The first kappa shape index (κ1) is 16.8. The summed E-state index contributed by atoms with van der Waals surface area (Å²) >= 11 is 0. The fourth-order valence-electron chi connectivity index (χ4n) is 3.03. The number of hydrogen-bond donors (Lipinski definition) is 1. The van der Waals surface area contributed by atoms with Gasteiger partial charge in [-0.3, -0.25) is 4.79 Å². The second-order valence-corrected chi connectivity index (χ2v) is 5.98. The molecule has 0 atom stereocenters. The zero-order valence-electron chi connectivity index (χ0n) is 13.9. The smallest absolute Gasteiger partial charge is 0.223 e.